The van der Waals surface area contributed by atoms with Gasteiger partial charge in [-0.25, -0.2) is 0 Å². The van der Waals surface area contributed by atoms with Crippen LogP contribution in [0.2, 0.25) is 0 Å². The van der Waals surface area contributed by atoms with Crippen LogP contribution in [-0.4, -0.2) is 21.1 Å². The van der Waals surface area contributed by atoms with Crippen LogP contribution in [0.3, 0.4) is 0 Å². The highest BCUT2D eigenvalue weighted by Gasteiger charge is 2.30. The monoisotopic (exact) mass is 402 g/mol. The standard InChI is InChI=1S/C20H17F3N4O2/c21-20(22,23)15-8-4-5-13(11-15)12-24-17(28)10-9-16-19(29)25-18(27-26-16)14-6-2-1-3-7-14/h1-8,11H,9-10,12H2,(H,24,28)(H,25,27,29). The molecule has 29 heavy (non-hydrogen) atoms. The second-order valence-corrected chi connectivity index (χ2v) is 6.29. The van der Waals surface area contributed by atoms with Gasteiger partial charge in [0, 0.05) is 24.9 Å². The fraction of sp³-hybridized carbons (Fsp3) is 0.200. The molecule has 2 aromatic carbocycles. The minimum absolute atomic E-state index is 0.0403. The number of nitrogens with one attached hydrogen (secondary N) is 2. The molecule has 3 rings (SSSR count). The molecule has 0 aliphatic heterocycles. The van der Waals surface area contributed by atoms with Crippen LogP contribution in [0.25, 0.3) is 11.4 Å². The summed E-state index contributed by atoms with van der Waals surface area (Å²) >= 11 is 0. The Balaban J connectivity index is 1.55. The van der Waals surface area contributed by atoms with Gasteiger partial charge in [0.1, 0.15) is 5.69 Å². The molecule has 9 heteroatoms. The molecular formula is C20H17F3N4O2. The van der Waals surface area contributed by atoms with Gasteiger partial charge in [-0.05, 0) is 17.7 Å². The average molecular weight is 402 g/mol. The maximum Gasteiger partial charge on any atom is 0.416 e. The molecule has 3 aromatic rings. The summed E-state index contributed by atoms with van der Waals surface area (Å²) in [6, 6.07) is 13.7. The summed E-state index contributed by atoms with van der Waals surface area (Å²) in [6.45, 7) is -0.0439. The summed E-state index contributed by atoms with van der Waals surface area (Å²) in [7, 11) is 0. The third kappa shape index (κ3) is 5.50. The van der Waals surface area contributed by atoms with E-state index < -0.39 is 23.2 Å². The molecule has 1 heterocycles. The second-order valence-electron chi connectivity index (χ2n) is 6.29. The van der Waals surface area contributed by atoms with Crippen molar-refractivity contribution in [2.75, 3.05) is 0 Å². The van der Waals surface area contributed by atoms with Crippen LogP contribution in [-0.2, 0) is 23.9 Å². The van der Waals surface area contributed by atoms with Gasteiger partial charge in [-0.3, -0.25) is 9.59 Å². The molecule has 0 aliphatic carbocycles. The van der Waals surface area contributed by atoms with Gasteiger partial charge < -0.3 is 10.3 Å². The number of halogens is 3. The van der Waals surface area contributed by atoms with Gasteiger partial charge in [0.2, 0.25) is 5.91 Å². The molecule has 1 amide bonds. The Bertz CT molecular complexity index is 1050. The summed E-state index contributed by atoms with van der Waals surface area (Å²) in [5.74, 6) is -0.0795. The molecule has 6 nitrogen and oxygen atoms in total. The topological polar surface area (TPSA) is 87.7 Å². The first-order valence-electron chi connectivity index (χ1n) is 8.77. The molecule has 2 N–H and O–H groups in total. The van der Waals surface area contributed by atoms with Gasteiger partial charge in [-0.2, -0.15) is 13.2 Å². The molecule has 0 radical (unpaired) electrons. The first kappa shape index (κ1) is 20.2. The number of H-pyrrole nitrogens is 1. The molecular weight excluding hydrogens is 385 g/mol. The number of rotatable bonds is 6. The van der Waals surface area contributed by atoms with Gasteiger partial charge in [-0.1, -0.05) is 42.5 Å². The fourth-order valence-electron chi connectivity index (χ4n) is 2.63. The third-order valence-electron chi connectivity index (χ3n) is 4.14. The summed E-state index contributed by atoms with van der Waals surface area (Å²) < 4.78 is 38.2. The zero-order valence-corrected chi connectivity index (χ0v) is 15.2. The number of aromatic amines is 1. The van der Waals surface area contributed by atoms with Crippen molar-refractivity contribution in [1.82, 2.24) is 20.5 Å². The third-order valence-corrected chi connectivity index (χ3v) is 4.14. The number of nitrogens with zero attached hydrogens (tertiary/aromatic N) is 2. The number of hydrogen-bond acceptors (Lipinski definition) is 4. The van der Waals surface area contributed by atoms with E-state index in [1.54, 1.807) is 24.3 Å². The fourth-order valence-corrected chi connectivity index (χ4v) is 2.63. The van der Waals surface area contributed by atoms with Crippen LogP contribution in [0.4, 0.5) is 13.2 Å². The van der Waals surface area contributed by atoms with Crippen molar-refractivity contribution in [1.29, 1.82) is 0 Å². The SMILES string of the molecule is O=C(CCc1nnc(-c2ccccc2)[nH]c1=O)NCc1cccc(C(F)(F)F)c1. The summed E-state index contributed by atoms with van der Waals surface area (Å²) in [5.41, 5.74) is -0.0616. The smallest absolute Gasteiger partial charge is 0.352 e. The number of hydrogen-bond donors (Lipinski definition) is 2. The predicted octanol–water partition coefficient (Wildman–Crippen LogP) is 3.10. The lowest BCUT2D eigenvalue weighted by molar-refractivity contribution is -0.137. The van der Waals surface area contributed by atoms with Crippen LogP contribution < -0.4 is 10.9 Å². The molecule has 150 valence electrons. The summed E-state index contributed by atoms with van der Waals surface area (Å²) in [4.78, 5) is 26.7. The Morgan fingerprint density at radius 1 is 1.03 bits per heavy atom. The Kier molecular flexibility index (Phi) is 6.06. The Labute approximate surface area is 163 Å². The van der Waals surface area contributed by atoms with E-state index in [-0.39, 0.29) is 25.1 Å². The van der Waals surface area contributed by atoms with Gasteiger partial charge in [0.15, 0.2) is 5.82 Å². The lowest BCUT2D eigenvalue weighted by Gasteiger charge is -2.09. The average Bonchev–Trinajstić information content (AvgIpc) is 2.71. The van der Waals surface area contributed by atoms with E-state index in [9.17, 15) is 22.8 Å². The van der Waals surface area contributed by atoms with Crippen molar-refractivity contribution in [3.8, 4) is 11.4 Å². The largest absolute Gasteiger partial charge is 0.416 e. The molecule has 0 bridgehead atoms. The molecule has 0 saturated carbocycles. The maximum atomic E-state index is 12.7. The van der Waals surface area contributed by atoms with Crippen LogP contribution in [0, 0.1) is 0 Å². The maximum absolute atomic E-state index is 12.7. The molecule has 0 atom stereocenters. The van der Waals surface area contributed by atoms with E-state index in [1.807, 2.05) is 6.07 Å². The van der Waals surface area contributed by atoms with Gasteiger partial charge in [0.05, 0.1) is 5.56 Å². The summed E-state index contributed by atoms with van der Waals surface area (Å²) in [5, 5.41) is 10.4. The van der Waals surface area contributed by atoms with Crippen LogP contribution >= 0.6 is 0 Å². The van der Waals surface area contributed by atoms with E-state index in [1.165, 1.54) is 12.1 Å². The molecule has 0 aliphatic rings. The first-order valence-corrected chi connectivity index (χ1v) is 8.77. The van der Waals surface area contributed by atoms with Crippen LogP contribution in [0.1, 0.15) is 23.2 Å². The first-order chi connectivity index (χ1) is 13.8. The molecule has 0 unspecified atom stereocenters. The van der Waals surface area contributed by atoms with Crippen molar-refractivity contribution < 1.29 is 18.0 Å². The van der Waals surface area contributed by atoms with Crippen molar-refractivity contribution in [2.24, 2.45) is 0 Å². The molecule has 0 fully saturated rings. The van der Waals surface area contributed by atoms with E-state index in [0.29, 0.717) is 17.0 Å². The van der Waals surface area contributed by atoms with E-state index in [2.05, 4.69) is 20.5 Å². The number of amides is 1. The zero-order chi connectivity index (χ0) is 20.9. The van der Waals surface area contributed by atoms with E-state index >= 15 is 0 Å². The van der Waals surface area contributed by atoms with Crippen molar-refractivity contribution in [3.63, 3.8) is 0 Å². The number of benzene rings is 2. The zero-order valence-electron chi connectivity index (χ0n) is 15.2. The van der Waals surface area contributed by atoms with Gasteiger partial charge in [0.25, 0.3) is 5.56 Å². The van der Waals surface area contributed by atoms with Crippen molar-refractivity contribution in [3.05, 3.63) is 81.8 Å². The lowest BCUT2D eigenvalue weighted by Crippen LogP contribution is -2.25. The number of alkyl halides is 3. The molecule has 0 spiro atoms. The summed E-state index contributed by atoms with van der Waals surface area (Å²) in [6.07, 6.45) is -4.42. The Hall–Kier alpha value is -3.49. The Morgan fingerprint density at radius 3 is 2.48 bits per heavy atom. The number of aryl methyl sites for hydroxylation is 1. The van der Waals surface area contributed by atoms with Gasteiger partial charge in [-0.15, -0.1) is 10.2 Å². The normalized spacial score (nSPS) is 11.3. The number of aromatic nitrogens is 3. The quantitative estimate of drug-likeness (QED) is 0.663. The minimum Gasteiger partial charge on any atom is -0.352 e. The number of carbonyl (C=O) groups excluding carboxylic acids is 1. The minimum atomic E-state index is -4.44. The Morgan fingerprint density at radius 2 is 1.79 bits per heavy atom. The van der Waals surface area contributed by atoms with E-state index in [4.69, 9.17) is 0 Å². The predicted molar refractivity (Wildman–Crippen MR) is 99.7 cm³/mol. The van der Waals surface area contributed by atoms with Crippen molar-refractivity contribution in [2.45, 2.75) is 25.6 Å². The highest BCUT2D eigenvalue weighted by Crippen LogP contribution is 2.29. The van der Waals surface area contributed by atoms with E-state index in [0.717, 1.165) is 12.1 Å². The highest BCUT2D eigenvalue weighted by atomic mass is 19.4. The highest BCUT2D eigenvalue weighted by molar-refractivity contribution is 5.76. The van der Waals surface area contributed by atoms with Gasteiger partial charge >= 0.3 is 6.18 Å². The molecule has 0 saturated heterocycles. The number of carbonyl (C=O) groups is 1. The van der Waals surface area contributed by atoms with Crippen LogP contribution in [0.15, 0.2) is 59.4 Å². The van der Waals surface area contributed by atoms with Crippen LogP contribution in [0.5, 0.6) is 0 Å². The lowest BCUT2D eigenvalue weighted by atomic mass is 10.1. The van der Waals surface area contributed by atoms with Crippen molar-refractivity contribution >= 4 is 5.91 Å². The second kappa shape index (κ2) is 8.68. The molecule has 1 aromatic heterocycles.